The number of halogens is 1. The largest absolute Gasteiger partial charge is 0.366 e. The molecule has 0 unspecified atom stereocenters. The molecule has 0 aliphatic rings. The van der Waals surface area contributed by atoms with Crippen LogP contribution in [-0.2, 0) is 6.54 Å². The molecule has 0 radical (unpaired) electrons. The van der Waals surface area contributed by atoms with E-state index < -0.39 is 0 Å². The second kappa shape index (κ2) is 3.90. The van der Waals surface area contributed by atoms with E-state index in [1.807, 2.05) is 31.2 Å². The van der Waals surface area contributed by atoms with E-state index in [0.717, 1.165) is 16.4 Å². The number of aryl methyl sites for hydroxylation is 1. The van der Waals surface area contributed by atoms with Gasteiger partial charge in [0.05, 0.1) is 6.54 Å². The van der Waals surface area contributed by atoms with E-state index in [1.165, 1.54) is 0 Å². The lowest BCUT2D eigenvalue weighted by Gasteiger charge is -2.02. The molecule has 1 aromatic carbocycles. The van der Waals surface area contributed by atoms with E-state index in [-0.39, 0.29) is 0 Å². The fourth-order valence-electron chi connectivity index (χ4n) is 1.35. The molecule has 0 atom stereocenters. The van der Waals surface area contributed by atoms with Gasteiger partial charge in [-0.2, -0.15) is 4.98 Å². The van der Waals surface area contributed by atoms with Gasteiger partial charge in [-0.3, -0.25) is 0 Å². The average Bonchev–Trinajstić information content (AvgIpc) is 2.49. The molecular formula is C10H11ClN4. The molecule has 0 bridgehead atoms. The Bertz CT molecular complexity index is 461. The van der Waals surface area contributed by atoms with Crippen LogP contribution in [0.3, 0.4) is 0 Å². The predicted octanol–water partition coefficient (Wildman–Crippen LogP) is 1.87. The van der Waals surface area contributed by atoms with Gasteiger partial charge in [0.15, 0.2) is 0 Å². The van der Waals surface area contributed by atoms with E-state index in [0.29, 0.717) is 12.5 Å². The Morgan fingerprint density at radius 2 is 2.00 bits per heavy atom. The first-order valence-corrected chi connectivity index (χ1v) is 4.94. The van der Waals surface area contributed by atoms with Gasteiger partial charge < -0.3 is 5.73 Å². The van der Waals surface area contributed by atoms with Crippen molar-refractivity contribution in [2.24, 2.45) is 0 Å². The van der Waals surface area contributed by atoms with Crippen molar-refractivity contribution in [2.75, 3.05) is 5.73 Å². The maximum absolute atomic E-state index is 5.80. The van der Waals surface area contributed by atoms with Gasteiger partial charge in [0.1, 0.15) is 5.82 Å². The van der Waals surface area contributed by atoms with Crippen LogP contribution in [0.5, 0.6) is 0 Å². The number of hydrogen-bond donors (Lipinski definition) is 1. The summed E-state index contributed by atoms with van der Waals surface area (Å²) in [7, 11) is 0. The number of nitrogen functional groups attached to an aromatic ring is 1. The van der Waals surface area contributed by atoms with Crippen LogP contribution in [0, 0.1) is 6.92 Å². The van der Waals surface area contributed by atoms with Gasteiger partial charge in [-0.15, -0.1) is 5.10 Å². The Kier molecular flexibility index (Phi) is 2.60. The van der Waals surface area contributed by atoms with Crippen LogP contribution >= 0.6 is 11.6 Å². The Morgan fingerprint density at radius 1 is 1.33 bits per heavy atom. The molecule has 2 rings (SSSR count). The van der Waals surface area contributed by atoms with Crippen LogP contribution in [-0.4, -0.2) is 14.8 Å². The Hall–Kier alpha value is -1.55. The summed E-state index contributed by atoms with van der Waals surface area (Å²) in [4.78, 5) is 4.03. The zero-order chi connectivity index (χ0) is 10.8. The summed E-state index contributed by atoms with van der Waals surface area (Å²) in [6.45, 7) is 2.53. The zero-order valence-corrected chi connectivity index (χ0v) is 9.07. The smallest absolute Gasteiger partial charge is 0.239 e. The standard InChI is InChI=1S/C10H11ClN4/c1-7-13-10(12)14-15(7)6-8-2-4-9(11)5-3-8/h2-5H,6H2,1H3,(H2,12,14). The van der Waals surface area contributed by atoms with Crippen molar-refractivity contribution < 1.29 is 0 Å². The summed E-state index contributed by atoms with van der Waals surface area (Å²) in [5.74, 6) is 1.11. The fourth-order valence-corrected chi connectivity index (χ4v) is 1.48. The quantitative estimate of drug-likeness (QED) is 0.844. The summed E-state index contributed by atoms with van der Waals surface area (Å²) >= 11 is 5.80. The third-order valence-corrected chi connectivity index (χ3v) is 2.37. The third-order valence-electron chi connectivity index (χ3n) is 2.12. The van der Waals surface area contributed by atoms with Crippen molar-refractivity contribution in [1.29, 1.82) is 0 Å². The molecule has 0 fully saturated rings. The van der Waals surface area contributed by atoms with Crippen LogP contribution in [0.25, 0.3) is 0 Å². The van der Waals surface area contributed by atoms with Crippen molar-refractivity contribution >= 4 is 17.5 Å². The van der Waals surface area contributed by atoms with Crippen LogP contribution in [0.4, 0.5) is 5.95 Å². The van der Waals surface area contributed by atoms with Gasteiger partial charge in [-0.25, -0.2) is 4.68 Å². The van der Waals surface area contributed by atoms with Crippen molar-refractivity contribution in [2.45, 2.75) is 13.5 Å². The number of hydrogen-bond acceptors (Lipinski definition) is 3. The number of benzene rings is 1. The molecule has 0 spiro atoms. The molecule has 0 aliphatic carbocycles. The molecule has 1 heterocycles. The van der Waals surface area contributed by atoms with Crippen LogP contribution in [0.1, 0.15) is 11.4 Å². The van der Waals surface area contributed by atoms with E-state index >= 15 is 0 Å². The second-order valence-electron chi connectivity index (χ2n) is 3.30. The van der Waals surface area contributed by atoms with Crippen LogP contribution < -0.4 is 5.73 Å². The first-order valence-electron chi connectivity index (χ1n) is 4.56. The van der Waals surface area contributed by atoms with Gasteiger partial charge >= 0.3 is 0 Å². The minimum atomic E-state index is 0.307. The minimum Gasteiger partial charge on any atom is -0.366 e. The normalized spacial score (nSPS) is 10.5. The van der Waals surface area contributed by atoms with Gasteiger partial charge in [0.25, 0.3) is 0 Å². The third kappa shape index (κ3) is 2.27. The molecule has 5 heteroatoms. The highest BCUT2D eigenvalue weighted by atomic mass is 35.5. The Labute approximate surface area is 92.7 Å². The summed E-state index contributed by atoms with van der Waals surface area (Å²) in [5.41, 5.74) is 6.61. The average molecular weight is 223 g/mol. The lowest BCUT2D eigenvalue weighted by molar-refractivity contribution is 0.662. The van der Waals surface area contributed by atoms with E-state index in [9.17, 15) is 0 Å². The van der Waals surface area contributed by atoms with Crippen molar-refractivity contribution in [3.63, 3.8) is 0 Å². The summed E-state index contributed by atoms with van der Waals surface area (Å²) in [5, 5.41) is 4.81. The molecule has 4 nitrogen and oxygen atoms in total. The monoisotopic (exact) mass is 222 g/mol. The number of aromatic nitrogens is 3. The second-order valence-corrected chi connectivity index (χ2v) is 3.74. The van der Waals surface area contributed by atoms with Gasteiger partial charge in [0.2, 0.25) is 5.95 Å². The fraction of sp³-hybridized carbons (Fsp3) is 0.200. The lowest BCUT2D eigenvalue weighted by Crippen LogP contribution is -2.04. The van der Waals surface area contributed by atoms with Gasteiger partial charge in [0, 0.05) is 5.02 Å². The maximum atomic E-state index is 5.80. The summed E-state index contributed by atoms with van der Waals surface area (Å²) < 4.78 is 1.76. The van der Waals surface area contributed by atoms with E-state index in [2.05, 4.69) is 10.1 Å². The molecule has 0 amide bonds. The van der Waals surface area contributed by atoms with E-state index in [1.54, 1.807) is 4.68 Å². The molecule has 1 aromatic heterocycles. The molecule has 78 valence electrons. The summed E-state index contributed by atoms with van der Waals surface area (Å²) in [6, 6.07) is 7.62. The molecular weight excluding hydrogens is 212 g/mol. The maximum Gasteiger partial charge on any atom is 0.239 e. The molecule has 0 saturated heterocycles. The van der Waals surface area contributed by atoms with Crippen molar-refractivity contribution in [3.8, 4) is 0 Å². The van der Waals surface area contributed by atoms with Gasteiger partial charge in [-0.1, -0.05) is 23.7 Å². The highest BCUT2D eigenvalue weighted by Gasteiger charge is 2.03. The topological polar surface area (TPSA) is 56.7 Å². The number of rotatable bonds is 2. The van der Waals surface area contributed by atoms with Crippen molar-refractivity contribution in [1.82, 2.24) is 14.8 Å². The predicted molar refractivity (Wildman–Crippen MR) is 59.7 cm³/mol. The highest BCUT2D eigenvalue weighted by molar-refractivity contribution is 6.30. The van der Waals surface area contributed by atoms with Crippen molar-refractivity contribution in [3.05, 3.63) is 40.7 Å². The zero-order valence-electron chi connectivity index (χ0n) is 8.31. The molecule has 15 heavy (non-hydrogen) atoms. The van der Waals surface area contributed by atoms with E-state index in [4.69, 9.17) is 17.3 Å². The molecule has 2 N–H and O–H groups in total. The first-order chi connectivity index (χ1) is 7.15. The van der Waals surface area contributed by atoms with Gasteiger partial charge in [-0.05, 0) is 24.6 Å². The SMILES string of the molecule is Cc1nc(N)nn1Cc1ccc(Cl)cc1. The number of nitrogens with two attached hydrogens (primary N) is 1. The lowest BCUT2D eigenvalue weighted by atomic mass is 10.2. The van der Waals surface area contributed by atoms with Crippen LogP contribution in [0.15, 0.2) is 24.3 Å². The molecule has 0 aliphatic heterocycles. The highest BCUT2D eigenvalue weighted by Crippen LogP contribution is 2.11. The number of anilines is 1. The minimum absolute atomic E-state index is 0.307. The molecule has 2 aromatic rings. The molecule has 0 saturated carbocycles. The Morgan fingerprint density at radius 3 is 2.53 bits per heavy atom. The number of nitrogens with zero attached hydrogens (tertiary/aromatic N) is 3. The summed E-state index contributed by atoms with van der Waals surface area (Å²) in [6.07, 6.45) is 0. The first kappa shape index (κ1) is 9.98. The Balaban J connectivity index is 2.21. The van der Waals surface area contributed by atoms with Crippen LogP contribution in [0.2, 0.25) is 5.02 Å².